The number of nitrogens with one attached hydrogen (secondary N) is 1. The predicted molar refractivity (Wildman–Crippen MR) is 125 cm³/mol. The Morgan fingerprint density at radius 1 is 1.09 bits per heavy atom. The van der Waals surface area contributed by atoms with E-state index in [-0.39, 0.29) is 16.4 Å². The number of rotatable bonds is 5. The van der Waals surface area contributed by atoms with Gasteiger partial charge in [0.2, 0.25) is 10.0 Å². The molecule has 0 radical (unpaired) electrons. The predicted octanol–water partition coefficient (Wildman–Crippen LogP) is 1.62. The van der Waals surface area contributed by atoms with Crippen LogP contribution in [0.25, 0.3) is 11.3 Å². The lowest BCUT2D eigenvalue weighted by molar-refractivity contribution is 0.102. The van der Waals surface area contributed by atoms with Gasteiger partial charge in [-0.2, -0.15) is 4.31 Å². The Labute approximate surface area is 192 Å². The molecule has 0 spiro atoms. The van der Waals surface area contributed by atoms with Crippen LogP contribution in [0, 0.1) is 6.92 Å². The highest BCUT2D eigenvalue weighted by Crippen LogP contribution is 2.26. The highest BCUT2D eigenvalue weighted by molar-refractivity contribution is 7.89. The third-order valence-corrected chi connectivity index (χ3v) is 7.53. The van der Waals surface area contributed by atoms with E-state index in [1.807, 2.05) is 7.05 Å². The Kier molecular flexibility index (Phi) is 6.36. The number of benzene rings is 1. The summed E-state index contributed by atoms with van der Waals surface area (Å²) >= 11 is 0. The van der Waals surface area contributed by atoms with E-state index in [9.17, 15) is 13.2 Å². The SMILES string of the molecule is Cc1cc(-c2cnc(N)c(C(=O)Nc3ccccn3)n2)ccc1S(=O)(=O)N1CCN(C)CC1. The average molecular weight is 468 g/mol. The first-order valence-corrected chi connectivity index (χ1v) is 11.8. The first kappa shape index (κ1) is 22.8. The summed E-state index contributed by atoms with van der Waals surface area (Å²) in [6.45, 7) is 4.05. The number of hydrogen-bond donors (Lipinski definition) is 2. The number of pyridine rings is 1. The van der Waals surface area contributed by atoms with Crippen molar-refractivity contribution in [3.63, 3.8) is 0 Å². The van der Waals surface area contributed by atoms with Crippen LogP contribution in [0.15, 0.2) is 53.7 Å². The molecule has 1 aliphatic rings. The van der Waals surface area contributed by atoms with Gasteiger partial charge in [0.25, 0.3) is 5.91 Å². The van der Waals surface area contributed by atoms with E-state index in [2.05, 4.69) is 25.2 Å². The number of aryl methyl sites for hydroxylation is 1. The van der Waals surface area contributed by atoms with Crippen molar-refractivity contribution in [3.05, 3.63) is 60.0 Å². The summed E-state index contributed by atoms with van der Waals surface area (Å²) in [7, 11) is -1.62. The number of aromatic nitrogens is 3. The number of amides is 1. The van der Waals surface area contributed by atoms with E-state index in [1.54, 1.807) is 49.5 Å². The molecule has 10 nitrogen and oxygen atoms in total. The maximum atomic E-state index is 13.1. The van der Waals surface area contributed by atoms with Crippen LogP contribution < -0.4 is 11.1 Å². The summed E-state index contributed by atoms with van der Waals surface area (Å²) in [5.74, 6) is -0.187. The van der Waals surface area contributed by atoms with Crippen LogP contribution in [0.5, 0.6) is 0 Å². The number of piperazine rings is 1. The van der Waals surface area contributed by atoms with Crippen LogP contribution in [-0.2, 0) is 10.0 Å². The molecule has 4 rings (SSSR count). The summed E-state index contributed by atoms with van der Waals surface area (Å²) < 4.78 is 27.8. The number of anilines is 2. The summed E-state index contributed by atoms with van der Waals surface area (Å²) in [5, 5.41) is 2.64. The number of likely N-dealkylation sites (N-methyl/N-ethyl adjacent to an activating group) is 1. The second-order valence-electron chi connectivity index (χ2n) is 7.85. The lowest BCUT2D eigenvalue weighted by Crippen LogP contribution is -2.47. The number of nitrogen functional groups attached to an aromatic ring is 1. The molecule has 0 atom stereocenters. The van der Waals surface area contributed by atoms with Gasteiger partial charge in [0.1, 0.15) is 5.82 Å². The minimum Gasteiger partial charge on any atom is -0.382 e. The monoisotopic (exact) mass is 467 g/mol. The van der Waals surface area contributed by atoms with Crippen molar-refractivity contribution in [1.82, 2.24) is 24.2 Å². The van der Waals surface area contributed by atoms with Crippen molar-refractivity contribution in [2.24, 2.45) is 0 Å². The molecule has 1 aliphatic heterocycles. The maximum Gasteiger partial charge on any atom is 0.279 e. The number of sulfonamides is 1. The first-order valence-electron chi connectivity index (χ1n) is 10.4. The van der Waals surface area contributed by atoms with E-state index in [0.29, 0.717) is 48.8 Å². The van der Waals surface area contributed by atoms with Gasteiger partial charge in [-0.15, -0.1) is 0 Å². The lowest BCUT2D eigenvalue weighted by Gasteiger charge is -2.31. The van der Waals surface area contributed by atoms with E-state index in [0.717, 1.165) is 0 Å². The molecule has 172 valence electrons. The van der Waals surface area contributed by atoms with E-state index in [1.165, 1.54) is 10.5 Å². The average Bonchev–Trinajstić information content (AvgIpc) is 2.80. The molecule has 1 amide bonds. The number of nitrogens with two attached hydrogens (primary N) is 1. The molecule has 0 aliphatic carbocycles. The molecule has 1 saturated heterocycles. The highest BCUT2D eigenvalue weighted by atomic mass is 32.2. The summed E-state index contributed by atoms with van der Waals surface area (Å²) in [4.78, 5) is 27.5. The van der Waals surface area contributed by atoms with Gasteiger partial charge in [-0.05, 0) is 43.8 Å². The van der Waals surface area contributed by atoms with Gasteiger partial charge in [0.15, 0.2) is 11.5 Å². The van der Waals surface area contributed by atoms with Gasteiger partial charge in [0, 0.05) is 37.9 Å². The summed E-state index contributed by atoms with van der Waals surface area (Å²) in [6.07, 6.45) is 3.01. The van der Waals surface area contributed by atoms with Crippen LogP contribution >= 0.6 is 0 Å². The Morgan fingerprint density at radius 3 is 2.52 bits per heavy atom. The van der Waals surface area contributed by atoms with Gasteiger partial charge >= 0.3 is 0 Å². The van der Waals surface area contributed by atoms with Crippen LogP contribution in [0.1, 0.15) is 16.1 Å². The van der Waals surface area contributed by atoms with Gasteiger partial charge in [-0.25, -0.2) is 23.4 Å². The zero-order chi connectivity index (χ0) is 23.6. The number of carbonyl (C=O) groups excluding carboxylic acids is 1. The molecule has 3 N–H and O–H groups in total. The molecule has 2 aromatic heterocycles. The molecule has 3 heterocycles. The van der Waals surface area contributed by atoms with E-state index in [4.69, 9.17) is 5.73 Å². The number of carbonyl (C=O) groups is 1. The molecule has 0 unspecified atom stereocenters. The fraction of sp³-hybridized carbons (Fsp3) is 0.273. The quantitative estimate of drug-likeness (QED) is 0.578. The van der Waals surface area contributed by atoms with Crippen molar-refractivity contribution < 1.29 is 13.2 Å². The topological polar surface area (TPSA) is 134 Å². The molecule has 1 fully saturated rings. The van der Waals surface area contributed by atoms with Crippen LogP contribution in [0.2, 0.25) is 0 Å². The van der Waals surface area contributed by atoms with Gasteiger partial charge < -0.3 is 16.0 Å². The summed E-state index contributed by atoms with van der Waals surface area (Å²) in [5.41, 5.74) is 7.47. The zero-order valence-electron chi connectivity index (χ0n) is 18.4. The Hall–Kier alpha value is -3.41. The molecule has 33 heavy (non-hydrogen) atoms. The zero-order valence-corrected chi connectivity index (χ0v) is 19.2. The fourth-order valence-electron chi connectivity index (χ4n) is 3.58. The maximum absolute atomic E-state index is 13.1. The molecule has 0 saturated carbocycles. The highest BCUT2D eigenvalue weighted by Gasteiger charge is 2.29. The van der Waals surface area contributed by atoms with Crippen molar-refractivity contribution in [1.29, 1.82) is 0 Å². The molecular weight excluding hydrogens is 442 g/mol. The van der Waals surface area contributed by atoms with Gasteiger partial charge in [-0.1, -0.05) is 12.1 Å². The molecule has 1 aromatic carbocycles. The largest absolute Gasteiger partial charge is 0.382 e. The van der Waals surface area contributed by atoms with Gasteiger partial charge in [-0.3, -0.25) is 4.79 Å². The fourth-order valence-corrected chi connectivity index (χ4v) is 5.21. The minimum atomic E-state index is -3.60. The third-order valence-electron chi connectivity index (χ3n) is 5.47. The molecular formula is C22H25N7O3S. The van der Waals surface area contributed by atoms with Crippen LogP contribution in [-0.4, -0.2) is 71.7 Å². The van der Waals surface area contributed by atoms with E-state index < -0.39 is 15.9 Å². The third kappa shape index (κ3) is 4.85. The second-order valence-corrected chi connectivity index (χ2v) is 9.75. The van der Waals surface area contributed by atoms with E-state index >= 15 is 0 Å². The Bertz CT molecular complexity index is 1270. The Morgan fingerprint density at radius 2 is 1.85 bits per heavy atom. The number of hydrogen-bond acceptors (Lipinski definition) is 8. The van der Waals surface area contributed by atoms with Gasteiger partial charge in [0.05, 0.1) is 16.8 Å². The molecule has 0 bridgehead atoms. The molecule has 11 heteroatoms. The Balaban J connectivity index is 1.60. The smallest absolute Gasteiger partial charge is 0.279 e. The normalized spacial score (nSPS) is 15.3. The number of nitrogens with zero attached hydrogens (tertiary/aromatic N) is 5. The van der Waals surface area contributed by atoms with Crippen LogP contribution in [0.4, 0.5) is 11.6 Å². The molecule has 3 aromatic rings. The minimum absolute atomic E-state index is 0.0156. The lowest BCUT2D eigenvalue weighted by atomic mass is 10.1. The second kappa shape index (κ2) is 9.22. The van der Waals surface area contributed by atoms with Crippen LogP contribution in [0.3, 0.4) is 0 Å². The van der Waals surface area contributed by atoms with Crippen molar-refractivity contribution in [2.45, 2.75) is 11.8 Å². The van der Waals surface area contributed by atoms with Crippen molar-refractivity contribution >= 4 is 27.6 Å². The van der Waals surface area contributed by atoms with Crippen molar-refractivity contribution in [3.8, 4) is 11.3 Å². The standard InChI is InChI=1S/C22H25N7O3S/c1-15-13-16(6-7-18(15)33(31,32)29-11-9-28(2)10-12-29)17-14-25-21(23)20(26-17)22(30)27-19-5-3-4-8-24-19/h3-8,13-14H,9-12H2,1-2H3,(H2,23,25)(H,24,27,30). The summed E-state index contributed by atoms with van der Waals surface area (Å²) in [6, 6.07) is 10.1. The van der Waals surface area contributed by atoms with Crippen molar-refractivity contribution in [2.75, 3.05) is 44.3 Å². The first-order chi connectivity index (χ1) is 15.8.